The van der Waals surface area contributed by atoms with Crippen LogP contribution in [0.3, 0.4) is 0 Å². The van der Waals surface area contributed by atoms with Gasteiger partial charge in [0.2, 0.25) is 5.91 Å². The molecule has 6 nitrogen and oxygen atoms in total. The average molecular weight is 424 g/mol. The Hall–Kier alpha value is -2.11. The van der Waals surface area contributed by atoms with E-state index in [1.165, 1.54) is 25.7 Å². The third-order valence-electron chi connectivity index (χ3n) is 4.87. The highest BCUT2D eigenvalue weighted by molar-refractivity contribution is 5.83. The third kappa shape index (κ3) is 19.2. The van der Waals surface area contributed by atoms with Gasteiger partial charge in [0.05, 0.1) is 0 Å². The van der Waals surface area contributed by atoms with E-state index in [1.807, 2.05) is 0 Å². The number of carbonyl (C=O) groups is 3. The topological polar surface area (TPSA) is 104 Å². The molecule has 0 unspecified atom stereocenters. The molecule has 0 saturated carbocycles. The average Bonchev–Trinajstić information content (AvgIpc) is 2.69. The van der Waals surface area contributed by atoms with E-state index in [9.17, 15) is 14.4 Å². The summed E-state index contributed by atoms with van der Waals surface area (Å²) in [6.07, 6.45) is 21.7. The molecular weight excluding hydrogens is 382 g/mol. The van der Waals surface area contributed by atoms with Crippen molar-refractivity contribution in [1.82, 2.24) is 5.32 Å². The standard InChI is InChI=1S/C24H41NO5/c1-2-3-4-5-6-7-8-9-10-11-12-13-14-15-16-19-22(26)25-21(24(29)30)18-17-20-23(27)28/h6-7,9-10,21H,2-5,8,11-20H2,1H3,(H,25,26)(H,27,28)(H,29,30)/b7-6+,10-9+/t21-/m1/s1. The van der Waals surface area contributed by atoms with E-state index in [2.05, 4.69) is 36.5 Å². The van der Waals surface area contributed by atoms with Crippen molar-refractivity contribution in [2.75, 3.05) is 0 Å². The number of hydrogen-bond donors (Lipinski definition) is 3. The summed E-state index contributed by atoms with van der Waals surface area (Å²) < 4.78 is 0. The number of carboxylic acid groups (broad SMARTS) is 2. The number of allylic oxidation sites excluding steroid dienone is 4. The van der Waals surface area contributed by atoms with Crippen LogP contribution in [0.15, 0.2) is 24.3 Å². The Labute approximate surface area is 181 Å². The zero-order valence-electron chi connectivity index (χ0n) is 18.6. The second kappa shape index (κ2) is 20.2. The molecule has 30 heavy (non-hydrogen) atoms. The van der Waals surface area contributed by atoms with Gasteiger partial charge in [0.15, 0.2) is 0 Å². The Bertz CT molecular complexity index is 528. The molecule has 172 valence electrons. The summed E-state index contributed by atoms with van der Waals surface area (Å²) in [5.74, 6) is -2.35. The van der Waals surface area contributed by atoms with Crippen LogP contribution in [0.1, 0.15) is 103 Å². The van der Waals surface area contributed by atoms with Crippen LogP contribution < -0.4 is 5.32 Å². The molecule has 0 bridgehead atoms. The number of rotatable bonds is 20. The fourth-order valence-corrected chi connectivity index (χ4v) is 3.08. The van der Waals surface area contributed by atoms with Crippen molar-refractivity contribution in [2.24, 2.45) is 0 Å². The lowest BCUT2D eigenvalue weighted by Crippen LogP contribution is -2.40. The molecule has 3 N–H and O–H groups in total. The molecular formula is C24H41NO5. The van der Waals surface area contributed by atoms with E-state index in [0.717, 1.165) is 44.9 Å². The molecule has 0 heterocycles. The van der Waals surface area contributed by atoms with Crippen LogP contribution in [0.4, 0.5) is 0 Å². The normalized spacial score (nSPS) is 12.4. The highest BCUT2D eigenvalue weighted by Gasteiger charge is 2.19. The minimum Gasteiger partial charge on any atom is -0.481 e. The maximum atomic E-state index is 11.9. The van der Waals surface area contributed by atoms with E-state index in [-0.39, 0.29) is 25.2 Å². The molecule has 0 aromatic rings. The van der Waals surface area contributed by atoms with Crippen LogP contribution in [0, 0.1) is 0 Å². The number of amides is 1. The predicted molar refractivity (Wildman–Crippen MR) is 120 cm³/mol. The SMILES string of the molecule is CCCCC/C=C/C/C=C/CCCCCCCC(=O)N[C@H](CCCC(=O)O)C(=O)O. The van der Waals surface area contributed by atoms with Gasteiger partial charge in [0, 0.05) is 12.8 Å². The first-order valence-corrected chi connectivity index (χ1v) is 11.5. The largest absolute Gasteiger partial charge is 0.481 e. The molecule has 0 rings (SSSR count). The molecule has 0 spiro atoms. The van der Waals surface area contributed by atoms with Gasteiger partial charge < -0.3 is 15.5 Å². The van der Waals surface area contributed by atoms with Crippen LogP contribution in [0.2, 0.25) is 0 Å². The minimum absolute atomic E-state index is 0.0927. The highest BCUT2D eigenvalue weighted by Crippen LogP contribution is 2.09. The number of aliphatic carboxylic acids is 2. The molecule has 1 amide bonds. The van der Waals surface area contributed by atoms with Crippen LogP contribution in [0.5, 0.6) is 0 Å². The summed E-state index contributed by atoms with van der Waals surface area (Å²) in [7, 11) is 0. The van der Waals surface area contributed by atoms with Gasteiger partial charge >= 0.3 is 11.9 Å². The van der Waals surface area contributed by atoms with Gasteiger partial charge in [0.1, 0.15) is 6.04 Å². The fraction of sp³-hybridized carbons (Fsp3) is 0.708. The summed E-state index contributed by atoms with van der Waals surface area (Å²) in [5.41, 5.74) is 0. The number of carboxylic acids is 2. The Morgan fingerprint density at radius 1 is 0.767 bits per heavy atom. The highest BCUT2D eigenvalue weighted by atomic mass is 16.4. The van der Waals surface area contributed by atoms with Crippen molar-refractivity contribution in [3.05, 3.63) is 24.3 Å². The van der Waals surface area contributed by atoms with Crippen molar-refractivity contribution >= 4 is 17.8 Å². The summed E-state index contributed by atoms with van der Waals surface area (Å²) >= 11 is 0. The van der Waals surface area contributed by atoms with E-state index in [0.29, 0.717) is 6.42 Å². The summed E-state index contributed by atoms with van der Waals surface area (Å²) in [6.45, 7) is 2.22. The Balaban J connectivity index is 3.64. The summed E-state index contributed by atoms with van der Waals surface area (Å²) in [5, 5.41) is 20.2. The smallest absolute Gasteiger partial charge is 0.326 e. The van der Waals surface area contributed by atoms with Crippen molar-refractivity contribution in [1.29, 1.82) is 0 Å². The second-order valence-electron chi connectivity index (χ2n) is 7.73. The van der Waals surface area contributed by atoms with E-state index in [1.54, 1.807) is 0 Å². The zero-order chi connectivity index (χ0) is 22.5. The first-order valence-electron chi connectivity index (χ1n) is 11.5. The molecule has 0 aliphatic carbocycles. The van der Waals surface area contributed by atoms with E-state index < -0.39 is 18.0 Å². The van der Waals surface area contributed by atoms with Crippen LogP contribution in [-0.2, 0) is 14.4 Å². The lowest BCUT2D eigenvalue weighted by molar-refractivity contribution is -0.142. The molecule has 1 atom stereocenters. The van der Waals surface area contributed by atoms with Crippen LogP contribution in [0.25, 0.3) is 0 Å². The maximum Gasteiger partial charge on any atom is 0.326 e. The van der Waals surface area contributed by atoms with Gasteiger partial charge in [-0.1, -0.05) is 63.3 Å². The lowest BCUT2D eigenvalue weighted by Gasteiger charge is -2.14. The van der Waals surface area contributed by atoms with Crippen molar-refractivity contribution in [2.45, 2.75) is 109 Å². The van der Waals surface area contributed by atoms with E-state index >= 15 is 0 Å². The van der Waals surface area contributed by atoms with E-state index in [4.69, 9.17) is 10.2 Å². The molecule has 0 fully saturated rings. The third-order valence-corrected chi connectivity index (χ3v) is 4.87. The second-order valence-corrected chi connectivity index (χ2v) is 7.73. The number of hydrogen-bond acceptors (Lipinski definition) is 3. The van der Waals surface area contributed by atoms with Crippen molar-refractivity contribution < 1.29 is 24.6 Å². The Kier molecular flexibility index (Phi) is 18.8. The van der Waals surface area contributed by atoms with Crippen molar-refractivity contribution in [3.8, 4) is 0 Å². The predicted octanol–water partition coefficient (Wildman–Crippen LogP) is 5.62. The quantitative estimate of drug-likeness (QED) is 0.174. The van der Waals surface area contributed by atoms with Crippen molar-refractivity contribution in [3.63, 3.8) is 0 Å². The van der Waals surface area contributed by atoms with Gasteiger partial charge in [-0.25, -0.2) is 4.79 Å². The van der Waals surface area contributed by atoms with Gasteiger partial charge in [-0.15, -0.1) is 0 Å². The molecule has 0 aromatic heterocycles. The lowest BCUT2D eigenvalue weighted by atomic mass is 10.1. The van der Waals surface area contributed by atoms with Crippen LogP contribution in [-0.4, -0.2) is 34.1 Å². The minimum atomic E-state index is -1.12. The number of nitrogens with one attached hydrogen (secondary N) is 1. The first-order chi connectivity index (χ1) is 14.5. The zero-order valence-corrected chi connectivity index (χ0v) is 18.6. The molecule has 0 saturated heterocycles. The van der Waals surface area contributed by atoms with Crippen LogP contribution >= 0.6 is 0 Å². The van der Waals surface area contributed by atoms with Gasteiger partial charge in [-0.2, -0.15) is 0 Å². The molecule has 6 heteroatoms. The van der Waals surface area contributed by atoms with Gasteiger partial charge in [-0.3, -0.25) is 9.59 Å². The first kappa shape index (κ1) is 27.9. The molecule has 0 radical (unpaired) electrons. The van der Waals surface area contributed by atoms with Gasteiger partial charge in [-0.05, 0) is 51.4 Å². The Morgan fingerprint density at radius 2 is 1.37 bits per heavy atom. The summed E-state index contributed by atoms with van der Waals surface area (Å²) in [6, 6.07) is -1.00. The van der Waals surface area contributed by atoms with Gasteiger partial charge in [0.25, 0.3) is 0 Å². The Morgan fingerprint density at radius 3 is 1.97 bits per heavy atom. The molecule has 0 aliphatic heterocycles. The summed E-state index contributed by atoms with van der Waals surface area (Å²) in [4.78, 5) is 33.5. The maximum absolute atomic E-state index is 11.9. The number of carbonyl (C=O) groups excluding carboxylic acids is 1. The monoisotopic (exact) mass is 423 g/mol. The molecule has 0 aliphatic rings. The number of unbranched alkanes of at least 4 members (excludes halogenated alkanes) is 8. The fourth-order valence-electron chi connectivity index (χ4n) is 3.08. The molecule has 0 aromatic carbocycles.